The summed E-state index contributed by atoms with van der Waals surface area (Å²) < 4.78 is 4.92. The highest BCUT2D eigenvalue weighted by Gasteiger charge is 1.97. The summed E-state index contributed by atoms with van der Waals surface area (Å²) in [6.45, 7) is 0.499. The van der Waals surface area contributed by atoms with E-state index in [0.717, 1.165) is 0 Å². The van der Waals surface area contributed by atoms with E-state index in [1.807, 2.05) is 6.07 Å². The lowest BCUT2D eigenvalue weighted by atomic mass is 10.5. The Morgan fingerprint density at radius 2 is 2.00 bits per heavy atom. The highest BCUT2D eigenvalue weighted by molar-refractivity contribution is 6.59. The second-order valence-corrected chi connectivity index (χ2v) is 3.03. The third-order valence-corrected chi connectivity index (χ3v) is 1.74. The van der Waals surface area contributed by atoms with Gasteiger partial charge in [0, 0.05) is 0 Å². The van der Waals surface area contributed by atoms with Gasteiger partial charge in [-0.2, -0.15) is 5.26 Å². The molecule has 0 unspecified atom stereocenters. The molecule has 0 N–H and O–H groups in total. The molecule has 0 aromatic carbocycles. The van der Waals surface area contributed by atoms with E-state index in [1.54, 1.807) is 0 Å². The van der Waals surface area contributed by atoms with Gasteiger partial charge in [-0.25, -0.2) is 0 Å². The van der Waals surface area contributed by atoms with Crippen molar-refractivity contribution in [3.05, 3.63) is 9.52 Å². The minimum atomic E-state index is 0.00336. The average Bonchev–Trinajstić information content (AvgIpc) is 1.97. The van der Waals surface area contributed by atoms with Gasteiger partial charge < -0.3 is 4.74 Å². The van der Waals surface area contributed by atoms with Crippen molar-refractivity contribution in [1.29, 1.82) is 5.26 Å². The van der Waals surface area contributed by atoms with Gasteiger partial charge in [0.2, 0.25) is 0 Å². The first-order valence-electron chi connectivity index (χ1n) is 2.83. The van der Waals surface area contributed by atoms with Crippen molar-refractivity contribution in [2.75, 3.05) is 13.2 Å². The number of nitriles is 1. The zero-order valence-electron chi connectivity index (χ0n) is 5.61. The molecule has 0 bridgehead atoms. The van der Waals surface area contributed by atoms with E-state index in [0.29, 0.717) is 13.0 Å². The Morgan fingerprint density at radius 1 is 1.36 bits per heavy atom. The van der Waals surface area contributed by atoms with Gasteiger partial charge in [-0.1, -0.05) is 34.8 Å². The van der Waals surface area contributed by atoms with Gasteiger partial charge in [-0.15, -0.1) is 0 Å². The maximum Gasteiger partial charge on any atom is 0.123 e. The Kier molecular flexibility index (Phi) is 6.79. The van der Waals surface area contributed by atoms with Crippen LogP contribution in [0.15, 0.2) is 9.52 Å². The Balaban J connectivity index is 3.42. The highest BCUT2D eigenvalue weighted by atomic mass is 35.5. The SMILES string of the molecule is N#CCCOCC(Cl)=C(Cl)Cl. The smallest absolute Gasteiger partial charge is 0.123 e. The molecule has 0 spiro atoms. The lowest BCUT2D eigenvalue weighted by Gasteiger charge is -1.98. The van der Waals surface area contributed by atoms with Crippen LogP contribution in [-0.2, 0) is 4.74 Å². The number of hydrogen-bond donors (Lipinski definition) is 0. The second kappa shape index (κ2) is 6.75. The van der Waals surface area contributed by atoms with Crippen LogP contribution >= 0.6 is 34.8 Å². The number of halogens is 3. The fraction of sp³-hybridized carbons (Fsp3) is 0.500. The lowest BCUT2D eigenvalue weighted by Crippen LogP contribution is -1.95. The molecule has 0 amide bonds. The maximum absolute atomic E-state index is 8.11. The summed E-state index contributed by atoms with van der Waals surface area (Å²) in [7, 11) is 0. The number of rotatable bonds is 4. The maximum atomic E-state index is 8.11. The van der Waals surface area contributed by atoms with Gasteiger partial charge in [0.15, 0.2) is 0 Å². The molecule has 0 radical (unpaired) electrons. The molecular formula is C6H6Cl3NO. The minimum absolute atomic E-state index is 0.00336. The van der Waals surface area contributed by atoms with Crippen LogP contribution in [0.3, 0.4) is 0 Å². The summed E-state index contributed by atoms with van der Waals surface area (Å²) in [5.74, 6) is 0. The third kappa shape index (κ3) is 6.46. The first kappa shape index (κ1) is 11.1. The zero-order valence-corrected chi connectivity index (χ0v) is 7.88. The average molecular weight is 214 g/mol. The molecule has 0 aliphatic carbocycles. The Morgan fingerprint density at radius 3 is 2.45 bits per heavy atom. The second-order valence-electron chi connectivity index (χ2n) is 1.63. The number of hydrogen-bond acceptors (Lipinski definition) is 2. The normalized spacial score (nSPS) is 8.91. The first-order chi connectivity index (χ1) is 5.18. The molecule has 0 fully saturated rings. The molecule has 0 aliphatic heterocycles. The summed E-state index contributed by atoms with van der Waals surface area (Å²) in [6.07, 6.45) is 0.337. The molecule has 11 heavy (non-hydrogen) atoms. The lowest BCUT2D eigenvalue weighted by molar-refractivity contribution is 0.166. The van der Waals surface area contributed by atoms with Crippen molar-refractivity contribution in [2.45, 2.75) is 6.42 Å². The molecule has 0 aromatic heterocycles. The molecule has 0 heterocycles. The predicted molar refractivity (Wildman–Crippen MR) is 45.6 cm³/mol. The zero-order chi connectivity index (χ0) is 8.69. The topological polar surface area (TPSA) is 33.0 Å². The predicted octanol–water partition coefficient (Wildman–Crippen LogP) is 2.80. The Labute approximate surface area is 80.3 Å². The van der Waals surface area contributed by atoms with Crippen molar-refractivity contribution >= 4 is 34.8 Å². The standard InChI is InChI=1S/C6H6Cl3NO/c7-5(6(8)9)4-11-3-1-2-10/h1,3-4H2. The fourth-order valence-electron chi connectivity index (χ4n) is 0.334. The van der Waals surface area contributed by atoms with Gasteiger partial charge in [-0.05, 0) is 0 Å². The van der Waals surface area contributed by atoms with Gasteiger partial charge in [-0.3, -0.25) is 0 Å². The van der Waals surface area contributed by atoms with Crippen LogP contribution in [0.2, 0.25) is 0 Å². The molecule has 0 aliphatic rings. The molecule has 2 nitrogen and oxygen atoms in total. The van der Waals surface area contributed by atoms with Gasteiger partial charge in [0.25, 0.3) is 0 Å². The summed E-state index contributed by atoms with van der Waals surface area (Å²) in [5, 5.41) is 8.37. The minimum Gasteiger partial charge on any atom is -0.375 e. The number of ether oxygens (including phenoxy) is 1. The molecule has 0 atom stereocenters. The van der Waals surface area contributed by atoms with Gasteiger partial charge >= 0.3 is 0 Å². The van der Waals surface area contributed by atoms with Crippen LogP contribution < -0.4 is 0 Å². The Bertz CT molecular complexity index is 181. The summed E-state index contributed by atoms with van der Waals surface area (Å²) in [5.41, 5.74) is 0. The van der Waals surface area contributed by atoms with Crippen LogP contribution in [0.4, 0.5) is 0 Å². The highest BCUT2D eigenvalue weighted by Crippen LogP contribution is 2.17. The van der Waals surface area contributed by atoms with E-state index >= 15 is 0 Å². The molecule has 0 aromatic rings. The summed E-state index contributed by atoms with van der Waals surface area (Å²) in [6, 6.07) is 1.92. The Hall–Kier alpha value is 0.0600. The molecule has 0 saturated heterocycles. The molecule has 0 saturated carbocycles. The van der Waals surface area contributed by atoms with E-state index in [2.05, 4.69) is 0 Å². The van der Waals surface area contributed by atoms with Crippen LogP contribution in [0.25, 0.3) is 0 Å². The van der Waals surface area contributed by atoms with Crippen molar-refractivity contribution in [3.63, 3.8) is 0 Å². The van der Waals surface area contributed by atoms with Crippen LogP contribution in [-0.4, -0.2) is 13.2 Å². The monoisotopic (exact) mass is 213 g/mol. The van der Waals surface area contributed by atoms with E-state index in [9.17, 15) is 0 Å². The van der Waals surface area contributed by atoms with Crippen molar-refractivity contribution in [1.82, 2.24) is 0 Å². The van der Waals surface area contributed by atoms with Crippen molar-refractivity contribution < 1.29 is 4.74 Å². The summed E-state index contributed by atoms with van der Waals surface area (Å²) in [4.78, 5) is 0. The third-order valence-electron chi connectivity index (χ3n) is 0.792. The first-order valence-corrected chi connectivity index (χ1v) is 3.96. The van der Waals surface area contributed by atoms with Crippen LogP contribution in [0, 0.1) is 11.3 Å². The van der Waals surface area contributed by atoms with Crippen LogP contribution in [0.1, 0.15) is 6.42 Å². The largest absolute Gasteiger partial charge is 0.375 e. The quantitative estimate of drug-likeness (QED) is 0.674. The van der Waals surface area contributed by atoms with Gasteiger partial charge in [0.1, 0.15) is 4.49 Å². The molecule has 5 heteroatoms. The van der Waals surface area contributed by atoms with Gasteiger partial charge in [0.05, 0.1) is 30.7 Å². The summed E-state index contributed by atoms with van der Waals surface area (Å²) >= 11 is 16.1. The van der Waals surface area contributed by atoms with E-state index < -0.39 is 0 Å². The van der Waals surface area contributed by atoms with E-state index in [4.69, 9.17) is 44.8 Å². The molecule has 0 rings (SSSR count). The van der Waals surface area contributed by atoms with Crippen LogP contribution in [0.5, 0.6) is 0 Å². The number of nitrogens with zero attached hydrogens (tertiary/aromatic N) is 1. The molecular weight excluding hydrogens is 208 g/mol. The fourth-order valence-corrected chi connectivity index (χ4v) is 0.520. The van der Waals surface area contributed by atoms with Crippen molar-refractivity contribution in [3.8, 4) is 6.07 Å². The van der Waals surface area contributed by atoms with E-state index in [-0.39, 0.29) is 16.1 Å². The molecule has 62 valence electrons. The van der Waals surface area contributed by atoms with E-state index in [1.165, 1.54) is 0 Å². The van der Waals surface area contributed by atoms with Crippen molar-refractivity contribution in [2.24, 2.45) is 0 Å².